The Balaban J connectivity index is 1.39. The smallest absolute Gasteiger partial charge is 0.333 e. The first-order valence-electron chi connectivity index (χ1n) is 10.6. The fourth-order valence-electron chi connectivity index (χ4n) is 4.02. The molecule has 160 valence electrons. The summed E-state index contributed by atoms with van der Waals surface area (Å²) in [4.78, 5) is 13.4. The van der Waals surface area contributed by atoms with Crippen LogP contribution in [0.15, 0.2) is 78.5 Å². The molecule has 1 heterocycles. The SMILES string of the molecule is COC(Cc1ccc(OCCN2C=CC3=C(CCC=C3)c3ccccc32)cc1)C(=O)O. The Morgan fingerprint density at radius 1 is 1.13 bits per heavy atom. The maximum atomic E-state index is 11.1. The van der Waals surface area contributed by atoms with Crippen molar-refractivity contribution in [3.63, 3.8) is 0 Å². The van der Waals surface area contributed by atoms with Crippen molar-refractivity contribution in [1.29, 1.82) is 0 Å². The lowest BCUT2D eigenvalue weighted by atomic mass is 9.91. The number of carboxylic acids is 1. The van der Waals surface area contributed by atoms with Gasteiger partial charge in [-0.15, -0.1) is 0 Å². The molecule has 4 rings (SSSR count). The molecule has 2 aromatic carbocycles. The number of rotatable bonds is 8. The maximum Gasteiger partial charge on any atom is 0.333 e. The largest absolute Gasteiger partial charge is 0.492 e. The van der Waals surface area contributed by atoms with Gasteiger partial charge in [0.25, 0.3) is 0 Å². The zero-order valence-corrected chi connectivity index (χ0v) is 17.7. The number of methoxy groups -OCH3 is 1. The number of benzene rings is 2. The Morgan fingerprint density at radius 2 is 1.94 bits per heavy atom. The summed E-state index contributed by atoms with van der Waals surface area (Å²) in [7, 11) is 1.41. The second-order valence-corrected chi connectivity index (χ2v) is 7.66. The van der Waals surface area contributed by atoms with Gasteiger partial charge in [-0.25, -0.2) is 4.79 Å². The average Bonchev–Trinajstić information content (AvgIpc) is 2.96. The van der Waals surface area contributed by atoms with E-state index in [4.69, 9.17) is 14.6 Å². The highest BCUT2D eigenvalue weighted by molar-refractivity contribution is 5.84. The molecule has 1 atom stereocenters. The van der Waals surface area contributed by atoms with Crippen molar-refractivity contribution in [2.24, 2.45) is 0 Å². The molecule has 1 N–H and O–H groups in total. The topological polar surface area (TPSA) is 59.0 Å². The molecule has 1 aliphatic heterocycles. The van der Waals surface area contributed by atoms with Crippen LogP contribution in [0.5, 0.6) is 5.75 Å². The van der Waals surface area contributed by atoms with Crippen LogP contribution in [-0.2, 0) is 16.0 Å². The van der Waals surface area contributed by atoms with Crippen LogP contribution in [0.2, 0.25) is 0 Å². The zero-order chi connectivity index (χ0) is 21.6. The highest BCUT2D eigenvalue weighted by Gasteiger charge is 2.19. The van der Waals surface area contributed by atoms with Gasteiger partial charge in [-0.1, -0.05) is 42.5 Å². The normalized spacial score (nSPS) is 15.8. The van der Waals surface area contributed by atoms with E-state index in [0.29, 0.717) is 13.0 Å². The van der Waals surface area contributed by atoms with E-state index in [1.165, 1.54) is 29.5 Å². The summed E-state index contributed by atoms with van der Waals surface area (Å²) < 4.78 is 11.0. The first-order chi connectivity index (χ1) is 15.2. The predicted molar refractivity (Wildman–Crippen MR) is 122 cm³/mol. The molecule has 0 radical (unpaired) electrons. The van der Waals surface area contributed by atoms with Crippen molar-refractivity contribution < 1.29 is 19.4 Å². The highest BCUT2D eigenvalue weighted by atomic mass is 16.5. The van der Waals surface area contributed by atoms with E-state index in [2.05, 4.69) is 53.6 Å². The summed E-state index contributed by atoms with van der Waals surface area (Å²) in [6.07, 6.45) is 10.4. The van der Waals surface area contributed by atoms with Crippen LogP contribution >= 0.6 is 0 Å². The molecule has 1 aliphatic carbocycles. The second kappa shape index (κ2) is 9.67. The molecule has 5 heteroatoms. The molecule has 5 nitrogen and oxygen atoms in total. The van der Waals surface area contributed by atoms with E-state index < -0.39 is 12.1 Å². The average molecular weight is 418 g/mol. The lowest BCUT2D eigenvalue weighted by Crippen LogP contribution is -2.24. The molecule has 0 saturated heterocycles. The third-order valence-corrected chi connectivity index (χ3v) is 5.68. The summed E-state index contributed by atoms with van der Waals surface area (Å²) in [5, 5.41) is 9.12. The number of hydrogen-bond acceptors (Lipinski definition) is 4. The Kier molecular flexibility index (Phi) is 6.53. The van der Waals surface area contributed by atoms with Crippen molar-refractivity contribution in [2.45, 2.75) is 25.4 Å². The standard InChI is InChI=1S/C26H27NO4/c1-30-25(26(28)29)18-19-10-12-21(13-11-19)31-17-16-27-15-14-20-6-2-3-7-22(20)23-8-4-5-9-24(23)27/h2,4-6,8-15,25H,3,7,16-18H2,1H3,(H,28,29). The van der Waals surface area contributed by atoms with E-state index in [0.717, 1.165) is 30.7 Å². The van der Waals surface area contributed by atoms with Crippen LogP contribution in [0.25, 0.3) is 5.57 Å². The van der Waals surface area contributed by atoms with Gasteiger partial charge in [0.2, 0.25) is 0 Å². The summed E-state index contributed by atoms with van der Waals surface area (Å²) in [5.41, 5.74) is 6.09. The van der Waals surface area contributed by atoms with E-state index in [1.54, 1.807) is 0 Å². The minimum absolute atomic E-state index is 0.327. The van der Waals surface area contributed by atoms with E-state index >= 15 is 0 Å². The molecule has 2 aromatic rings. The molecule has 31 heavy (non-hydrogen) atoms. The van der Waals surface area contributed by atoms with Gasteiger partial charge in [0.15, 0.2) is 6.10 Å². The number of carboxylic acid groups (broad SMARTS) is 1. The van der Waals surface area contributed by atoms with Gasteiger partial charge in [-0.3, -0.25) is 0 Å². The molecular weight excluding hydrogens is 390 g/mol. The van der Waals surface area contributed by atoms with Crippen molar-refractivity contribution in [3.05, 3.63) is 89.7 Å². The zero-order valence-electron chi connectivity index (χ0n) is 17.7. The first-order valence-corrected chi connectivity index (χ1v) is 10.6. The first kappa shape index (κ1) is 20.9. The molecule has 2 aliphatic rings. The van der Waals surface area contributed by atoms with Crippen LogP contribution in [0.4, 0.5) is 5.69 Å². The lowest BCUT2D eigenvalue weighted by molar-refractivity contribution is -0.148. The summed E-state index contributed by atoms with van der Waals surface area (Å²) >= 11 is 0. The van der Waals surface area contributed by atoms with Gasteiger partial charge in [-0.05, 0) is 53.8 Å². The molecule has 0 bridgehead atoms. The van der Waals surface area contributed by atoms with Crippen LogP contribution < -0.4 is 9.64 Å². The van der Waals surface area contributed by atoms with E-state index in [-0.39, 0.29) is 0 Å². The Morgan fingerprint density at radius 3 is 2.71 bits per heavy atom. The molecule has 0 saturated carbocycles. The number of para-hydroxylation sites is 1. The minimum atomic E-state index is -0.958. The fraction of sp³-hybridized carbons (Fsp3) is 0.269. The van der Waals surface area contributed by atoms with Crippen molar-refractivity contribution >= 4 is 17.2 Å². The Hall–Kier alpha value is -3.31. The van der Waals surface area contributed by atoms with Crippen LogP contribution in [0.3, 0.4) is 0 Å². The van der Waals surface area contributed by atoms with Gasteiger partial charge >= 0.3 is 5.97 Å². The summed E-state index contributed by atoms with van der Waals surface area (Å²) in [6.45, 7) is 1.26. The van der Waals surface area contributed by atoms with Gasteiger partial charge in [0.05, 0.1) is 6.54 Å². The number of allylic oxidation sites excluding steroid dienone is 5. The number of carbonyl (C=O) groups is 1. The maximum absolute atomic E-state index is 11.1. The Bertz CT molecular complexity index is 1020. The number of nitrogens with zero attached hydrogens (tertiary/aromatic N) is 1. The number of ether oxygens (including phenoxy) is 2. The van der Waals surface area contributed by atoms with E-state index in [1.807, 2.05) is 24.3 Å². The summed E-state index contributed by atoms with van der Waals surface area (Å²) in [5.74, 6) is -0.194. The molecular formula is C26H27NO4. The number of hydrogen-bond donors (Lipinski definition) is 1. The Labute approximate surface area is 182 Å². The third-order valence-electron chi connectivity index (χ3n) is 5.68. The molecule has 0 amide bonds. The molecule has 1 unspecified atom stereocenters. The van der Waals surface area contributed by atoms with Crippen LogP contribution in [0.1, 0.15) is 24.0 Å². The molecule has 0 fully saturated rings. The van der Waals surface area contributed by atoms with E-state index in [9.17, 15) is 4.79 Å². The second-order valence-electron chi connectivity index (χ2n) is 7.66. The monoisotopic (exact) mass is 417 g/mol. The summed E-state index contributed by atoms with van der Waals surface area (Å²) in [6, 6.07) is 16.1. The van der Waals surface area contributed by atoms with Gasteiger partial charge in [-0.2, -0.15) is 0 Å². The highest BCUT2D eigenvalue weighted by Crippen LogP contribution is 2.37. The van der Waals surface area contributed by atoms with Crippen molar-refractivity contribution in [2.75, 3.05) is 25.2 Å². The van der Waals surface area contributed by atoms with Gasteiger partial charge < -0.3 is 19.5 Å². The molecule has 0 spiro atoms. The third kappa shape index (κ3) is 4.89. The number of fused-ring (bicyclic) bond motifs is 2. The lowest BCUT2D eigenvalue weighted by Gasteiger charge is -2.23. The van der Waals surface area contributed by atoms with Crippen LogP contribution in [0, 0.1) is 0 Å². The fourth-order valence-corrected chi connectivity index (χ4v) is 4.02. The predicted octanol–water partition coefficient (Wildman–Crippen LogP) is 4.85. The van der Waals surface area contributed by atoms with Crippen molar-refractivity contribution in [1.82, 2.24) is 0 Å². The molecule has 0 aromatic heterocycles. The van der Waals surface area contributed by atoms with Gasteiger partial charge in [0, 0.05) is 31.0 Å². The minimum Gasteiger partial charge on any atom is -0.492 e. The van der Waals surface area contributed by atoms with Crippen molar-refractivity contribution in [3.8, 4) is 5.75 Å². The van der Waals surface area contributed by atoms with Crippen LogP contribution in [-0.4, -0.2) is 37.4 Å². The van der Waals surface area contributed by atoms with Gasteiger partial charge in [0.1, 0.15) is 12.4 Å². The number of anilines is 1. The number of aliphatic carboxylic acids is 1. The quantitative estimate of drug-likeness (QED) is 0.666.